The second kappa shape index (κ2) is 8.71. The summed E-state index contributed by atoms with van der Waals surface area (Å²) >= 11 is 2.51. The molecular formula is C20H27FN2O2S2. The first kappa shape index (κ1) is 21.9. The van der Waals surface area contributed by atoms with Gasteiger partial charge in [0.15, 0.2) is 4.34 Å². The minimum absolute atomic E-state index is 0.127. The lowest BCUT2D eigenvalue weighted by Crippen LogP contribution is -2.21. The molecule has 0 fully saturated rings. The van der Waals surface area contributed by atoms with E-state index < -0.39 is 5.60 Å². The van der Waals surface area contributed by atoms with Crippen LogP contribution in [0.25, 0.3) is 0 Å². The van der Waals surface area contributed by atoms with Crippen LogP contribution in [0.3, 0.4) is 0 Å². The number of amides is 1. The van der Waals surface area contributed by atoms with Crippen molar-refractivity contribution in [2.24, 2.45) is 0 Å². The lowest BCUT2D eigenvalue weighted by Gasteiger charge is -2.19. The molecule has 0 spiro atoms. The quantitative estimate of drug-likeness (QED) is 0.622. The number of benzene rings is 1. The van der Waals surface area contributed by atoms with Gasteiger partial charge in [-0.3, -0.25) is 9.52 Å². The first-order valence-corrected chi connectivity index (χ1v) is 10.6. The second-order valence-electron chi connectivity index (χ2n) is 7.73. The normalized spacial score (nSPS) is 12.1. The van der Waals surface area contributed by atoms with Crippen molar-refractivity contribution in [3.05, 3.63) is 45.7 Å². The third-order valence-corrected chi connectivity index (χ3v) is 6.00. The Labute approximate surface area is 168 Å². The summed E-state index contributed by atoms with van der Waals surface area (Å²) in [6.07, 6.45) is 0.192. The van der Waals surface area contributed by atoms with Crippen molar-refractivity contribution in [3.63, 3.8) is 0 Å². The molecular weight excluding hydrogens is 383 g/mol. The molecule has 2 rings (SSSR count). The van der Waals surface area contributed by atoms with Crippen molar-refractivity contribution in [3.8, 4) is 0 Å². The van der Waals surface area contributed by atoms with E-state index in [1.165, 1.54) is 23.5 Å². The molecule has 4 nitrogen and oxygen atoms in total. The highest BCUT2D eigenvalue weighted by molar-refractivity contribution is 7.99. The molecule has 1 aromatic carbocycles. The molecule has 7 heteroatoms. The van der Waals surface area contributed by atoms with E-state index in [4.69, 9.17) is 0 Å². The third kappa shape index (κ3) is 5.77. The Balaban J connectivity index is 2.14. The molecule has 0 radical (unpaired) electrons. The lowest BCUT2D eigenvalue weighted by molar-refractivity contribution is -0.118. The van der Waals surface area contributed by atoms with Crippen LogP contribution < -0.4 is 4.72 Å². The number of nitrogens with one attached hydrogen (secondary N) is 1. The van der Waals surface area contributed by atoms with Gasteiger partial charge in [-0.2, -0.15) is 0 Å². The molecule has 2 N–H and O–H groups in total. The van der Waals surface area contributed by atoms with Gasteiger partial charge in [0, 0.05) is 17.3 Å². The standard InChI is InChI=1S/C20H27FN2O2S2/c1-11(2)14-7-13(21)8-15(12(3)4)16(14)9-18(24)23-27-19-22-17(10-26-19)20(5,6)25/h7-8,10-12,25H,9H2,1-6H3,(H,23,24). The first-order valence-electron chi connectivity index (χ1n) is 8.95. The number of aromatic nitrogens is 1. The van der Waals surface area contributed by atoms with Gasteiger partial charge < -0.3 is 5.11 Å². The SMILES string of the molecule is CC(C)c1cc(F)cc(C(C)C)c1CC(=O)NSc1nc(C(C)(C)O)cs1. The van der Waals surface area contributed by atoms with Gasteiger partial charge in [0.2, 0.25) is 5.91 Å². The van der Waals surface area contributed by atoms with Crippen molar-refractivity contribution < 1.29 is 14.3 Å². The zero-order valence-corrected chi connectivity index (χ0v) is 18.2. The number of thiazole rings is 1. The molecule has 27 heavy (non-hydrogen) atoms. The van der Waals surface area contributed by atoms with Gasteiger partial charge in [-0.15, -0.1) is 11.3 Å². The molecule has 1 heterocycles. The topological polar surface area (TPSA) is 62.2 Å². The zero-order chi connectivity index (χ0) is 20.4. The molecule has 0 bridgehead atoms. The van der Waals surface area contributed by atoms with Crippen LogP contribution >= 0.6 is 23.3 Å². The summed E-state index contributed by atoms with van der Waals surface area (Å²) in [5.74, 6) is -0.165. The van der Waals surface area contributed by atoms with Crippen LogP contribution in [0.2, 0.25) is 0 Å². The van der Waals surface area contributed by atoms with E-state index in [1.54, 1.807) is 19.2 Å². The van der Waals surface area contributed by atoms with E-state index >= 15 is 0 Å². The smallest absolute Gasteiger partial charge is 0.234 e. The average molecular weight is 411 g/mol. The molecule has 0 aliphatic heterocycles. The molecule has 148 valence electrons. The maximum atomic E-state index is 14.0. The number of aliphatic hydroxyl groups is 1. The summed E-state index contributed by atoms with van der Waals surface area (Å²) in [6, 6.07) is 3.06. The summed E-state index contributed by atoms with van der Waals surface area (Å²) in [7, 11) is 0. The van der Waals surface area contributed by atoms with E-state index in [0.717, 1.165) is 28.6 Å². The maximum absolute atomic E-state index is 14.0. The zero-order valence-electron chi connectivity index (χ0n) is 16.6. The first-order chi connectivity index (χ1) is 12.5. The van der Waals surface area contributed by atoms with Gasteiger partial charge in [0.05, 0.1) is 12.1 Å². The minimum atomic E-state index is -1.01. The van der Waals surface area contributed by atoms with Crippen LogP contribution in [-0.2, 0) is 16.8 Å². The Morgan fingerprint density at radius 1 is 1.26 bits per heavy atom. The molecule has 1 amide bonds. The number of rotatable bonds is 7. The highest BCUT2D eigenvalue weighted by Gasteiger charge is 2.21. The van der Waals surface area contributed by atoms with Gasteiger partial charge >= 0.3 is 0 Å². The molecule has 1 aromatic heterocycles. The Morgan fingerprint density at radius 3 is 2.26 bits per heavy atom. The second-order valence-corrected chi connectivity index (χ2v) is 9.65. The van der Waals surface area contributed by atoms with Gasteiger partial charge in [-0.1, -0.05) is 27.7 Å². The number of hydrogen-bond acceptors (Lipinski definition) is 5. The molecule has 0 unspecified atom stereocenters. The summed E-state index contributed by atoms with van der Waals surface area (Å²) in [5.41, 5.74) is 2.21. The van der Waals surface area contributed by atoms with Crippen LogP contribution in [0.4, 0.5) is 4.39 Å². The Bertz CT molecular complexity index is 782. The predicted molar refractivity (Wildman–Crippen MR) is 110 cm³/mol. The fraction of sp³-hybridized carbons (Fsp3) is 0.500. The summed E-state index contributed by atoms with van der Waals surface area (Å²) in [4.78, 5) is 16.9. The monoisotopic (exact) mass is 410 g/mol. The van der Waals surface area contributed by atoms with Gasteiger partial charge in [-0.05, 0) is 54.5 Å². The maximum Gasteiger partial charge on any atom is 0.234 e. The molecule has 0 aliphatic carbocycles. The average Bonchev–Trinajstić information content (AvgIpc) is 3.03. The Kier molecular flexibility index (Phi) is 7.05. The van der Waals surface area contributed by atoms with E-state index in [0.29, 0.717) is 10.0 Å². The molecule has 0 atom stereocenters. The van der Waals surface area contributed by atoms with Crippen LogP contribution in [0, 0.1) is 5.82 Å². The van der Waals surface area contributed by atoms with Gasteiger partial charge in [0.25, 0.3) is 0 Å². The fourth-order valence-electron chi connectivity index (χ4n) is 2.80. The van der Waals surface area contributed by atoms with E-state index in [2.05, 4.69) is 9.71 Å². The minimum Gasteiger partial charge on any atom is -0.384 e. The summed E-state index contributed by atoms with van der Waals surface area (Å²) in [5, 5.41) is 11.8. The van der Waals surface area contributed by atoms with Crippen LogP contribution in [0.1, 0.15) is 75.8 Å². The number of hydrogen-bond donors (Lipinski definition) is 2. The fourth-order valence-corrected chi connectivity index (χ4v) is 4.38. The summed E-state index contributed by atoms with van der Waals surface area (Å²) < 4.78 is 17.5. The van der Waals surface area contributed by atoms with Gasteiger partial charge in [-0.25, -0.2) is 9.37 Å². The summed E-state index contributed by atoms with van der Waals surface area (Å²) in [6.45, 7) is 11.4. The van der Waals surface area contributed by atoms with E-state index in [1.807, 2.05) is 27.7 Å². The molecule has 2 aromatic rings. The highest BCUT2D eigenvalue weighted by Crippen LogP contribution is 2.30. The van der Waals surface area contributed by atoms with Crippen LogP contribution in [-0.4, -0.2) is 16.0 Å². The van der Waals surface area contributed by atoms with E-state index in [9.17, 15) is 14.3 Å². The van der Waals surface area contributed by atoms with Crippen molar-refractivity contribution in [1.82, 2.24) is 9.71 Å². The predicted octanol–water partition coefficient (Wildman–Crippen LogP) is 5.12. The molecule has 0 saturated heterocycles. The van der Waals surface area contributed by atoms with Crippen molar-refractivity contribution >= 4 is 29.2 Å². The van der Waals surface area contributed by atoms with Gasteiger partial charge in [0.1, 0.15) is 11.4 Å². The third-order valence-electron chi connectivity index (χ3n) is 4.23. The highest BCUT2D eigenvalue weighted by atomic mass is 32.2. The van der Waals surface area contributed by atoms with E-state index in [-0.39, 0.29) is 30.0 Å². The van der Waals surface area contributed by atoms with Crippen LogP contribution in [0.15, 0.2) is 21.9 Å². The largest absolute Gasteiger partial charge is 0.384 e. The molecule has 0 aliphatic rings. The van der Waals surface area contributed by atoms with Crippen LogP contribution in [0.5, 0.6) is 0 Å². The van der Waals surface area contributed by atoms with Crippen molar-refractivity contribution in [2.45, 2.75) is 69.7 Å². The number of nitrogens with zero attached hydrogens (tertiary/aromatic N) is 1. The number of halogens is 1. The Morgan fingerprint density at radius 2 is 1.81 bits per heavy atom. The number of carbonyl (C=O) groups excluding carboxylic acids is 1. The van der Waals surface area contributed by atoms with Crippen molar-refractivity contribution in [1.29, 1.82) is 0 Å². The number of carbonyl (C=O) groups is 1. The molecule has 0 saturated carbocycles. The van der Waals surface area contributed by atoms with Crippen molar-refractivity contribution in [2.75, 3.05) is 0 Å². The lowest BCUT2D eigenvalue weighted by atomic mass is 9.87. The Hall–Kier alpha value is -1.44.